The van der Waals surface area contributed by atoms with Crippen LogP contribution in [-0.2, 0) is 24.2 Å². The van der Waals surface area contributed by atoms with E-state index in [1.807, 2.05) is 37.3 Å². The van der Waals surface area contributed by atoms with Crippen molar-refractivity contribution in [2.45, 2.75) is 45.8 Å². The van der Waals surface area contributed by atoms with Crippen LogP contribution >= 0.6 is 0 Å². The van der Waals surface area contributed by atoms with Gasteiger partial charge in [-0.2, -0.15) is 0 Å². The summed E-state index contributed by atoms with van der Waals surface area (Å²) in [5.74, 6) is 0.353. The van der Waals surface area contributed by atoms with Crippen molar-refractivity contribution >= 4 is 16.9 Å². The van der Waals surface area contributed by atoms with Gasteiger partial charge in [0.2, 0.25) is 0 Å². The molecular formula is C22H22N2O4. The smallest absolute Gasteiger partial charge is 0.339 e. The lowest BCUT2D eigenvalue weighted by atomic mass is 10.0. The highest BCUT2D eigenvalue weighted by atomic mass is 16.5. The number of aromatic nitrogens is 1. The van der Waals surface area contributed by atoms with Crippen molar-refractivity contribution in [1.29, 1.82) is 0 Å². The monoisotopic (exact) mass is 378 g/mol. The van der Waals surface area contributed by atoms with E-state index < -0.39 is 6.10 Å². The maximum absolute atomic E-state index is 12.5. The Morgan fingerprint density at radius 1 is 1.29 bits per heavy atom. The van der Waals surface area contributed by atoms with E-state index in [9.17, 15) is 9.59 Å². The molecule has 0 spiro atoms. The number of hydrogen-bond donors (Lipinski definition) is 1. The molecule has 1 N–H and O–H groups in total. The predicted molar refractivity (Wildman–Crippen MR) is 105 cm³/mol. The minimum atomic E-state index is -0.697. The highest BCUT2D eigenvalue weighted by molar-refractivity contribution is 5.89. The first kappa shape index (κ1) is 18.2. The zero-order valence-electron chi connectivity index (χ0n) is 16.0. The van der Waals surface area contributed by atoms with Gasteiger partial charge in [-0.25, -0.2) is 4.79 Å². The van der Waals surface area contributed by atoms with E-state index in [2.05, 4.69) is 10.3 Å². The number of nitrogens with zero attached hydrogens (tertiary/aromatic N) is 1. The highest BCUT2D eigenvalue weighted by Crippen LogP contribution is 2.35. The standard InChI is InChI=1S/C22H22N2O4/c1-13-10-18(20-16-7-5-8-17(16)22(26)28-19(20)11-13)27-14(2)21(25)24-12-15-6-3-4-9-23-15/h3-4,6,9-11,14H,5,7-8,12H2,1-2H3,(H,24,25)/t14-/m0/s1. The molecule has 1 aromatic carbocycles. The van der Waals surface area contributed by atoms with Crippen LogP contribution in [0, 0.1) is 6.92 Å². The number of pyridine rings is 1. The molecule has 0 aliphatic heterocycles. The fraction of sp³-hybridized carbons (Fsp3) is 0.318. The molecule has 6 nitrogen and oxygen atoms in total. The van der Waals surface area contributed by atoms with Gasteiger partial charge in [-0.1, -0.05) is 6.07 Å². The van der Waals surface area contributed by atoms with Crippen molar-refractivity contribution in [1.82, 2.24) is 10.3 Å². The van der Waals surface area contributed by atoms with Crippen LogP contribution in [0.2, 0.25) is 0 Å². The van der Waals surface area contributed by atoms with Crippen LogP contribution in [0.3, 0.4) is 0 Å². The molecule has 1 aliphatic carbocycles. The van der Waals surface area contributed by atoms with Crippen LogP contribution in [0.4, 0.5) is 0 Å². The van der Waals surface area contributed by atoms with Crippen LogP contribution in [0.15, 0.2) is 45.7 Å². The van der Waals surface area contributed by atoms with Gasteiger partial charge in [0.1, 0.15) is 11.3 Å². The summed E-state index contributed by atoms with van der Waals surface area (Å²) in [4.78, 5) is 28.9. The van der Waals surface area contributed by atoms with Gasteiger partial charge < -0.3 is 14.5 Å². The zero-order valence-corrected chi connectivity index (χ0v) is 16.0. The maximum atomic E-state index is 12.5. The number of benzene rings is 1. The van der Waals surface area contributed by atoms with Crippen molar-refractivity contribution in [3.8, 4) is 5.75 Å². The summed E-state index contributed by atoms with van der Waals surface area (Å²) in [6.45, 7) is 3.96. The molecule has 0 bridgehead atoms. The number of aryl methyl sites for hydroxylation is 2. The highest BCUT2D eigenvalue weighted by Gasteiger charge is 2.24. The molecule has 2 aromatic heterocycles. The lowest BCUT2D eigenvalue weighted by Crippen LogP contribution is -2.36. The van der Waals surface area contributed by atoms with Gasteiger partial charge in [-0.05, 0) is 68.5 Å². The average Bonchev–Trinajstić information content (AvgIpc) is 3.16. The van der Waals surface area contributed by atoms with Crippen LogP contribution in [0.25, 0.3) is 11.0 Å². The number of rotatable bonds is 5. The summed E-state index contributed by atoms with van der Waals surface area (Å²) in [6, 6.07) is 9.29. The third-order valence-electron chi connectivity index (χ3n) is 5.02. The Bertz CT molecular complexity index is 1090. The number of hydrogen-bond acceptors (Lipinski definition) is 5. The predicted octanol–water partition coefficient (Wildman–Crippen LogP) is 3.07. The lowest BCUT2D eigenvalue weighted by Gasteiger charge is -2.17. The fourth-order valence-electron chi connectivity index (χ4n) is 3.67. The molecule has 0 unspecified atom stereocenters. The molecule has 4 rings (SSSR count). The van der Waals surface area contributed by atoms with Gasteiger partial charge in [0.15, 0.2) is 6.10 Å². The van der Waals surface area contributed by atoms with Crippen molar-refractivity contribution in [3.63, 3.8) is 0 Å². The Morgan fingerprint density at radius 2 is 2.11 bits per heavy atom. The van der Waals surface area contributed by atoms with Gasteiger partial charge in [0, 0.05) is 11.8 Å². The number of nitrogens with one attached hydrogen (secondary N) is 1. The number of fused-ring (bicyclic) bond motifs is 3. The maximum Gasteiger partial charge on any atom is 0.339 e. The topological polar surface area (TPSA) is 81.4 Å². The van der Waals surface area contributed by atoms with Gasteiger partial charge in [-0.15, -0.1) is 0 Å². The van der Waals surface area contributed by atoms with E-state index in [0.29, 0.717) is 17.9 Å². The summed E-state index contributed by atoms with van der Waals surface area (Å²) in [5, 5.41) is 3.65. The van der Waals surface area contributed by atoms with Crippen LogP contribution < -0.4 is 15.7 Å². The van der Waals surface area contributed by atoms with Crippen LogP contribution in [0.5, 0.6) is 5.75 Å². The normalized spacial score (nSPS) is 13.9. The van der Waals surface area contributed by atoms with E-state index in [1.54, 1.807) is 13.1 Å². The number of ether oxygens (including phenoxy) is 1. The van der Waals surface area contributed by atoms with Crippen LogP contribution in [0.1, 0.15) is 35.7 Å². The Morgan fingerprint density at radius 3 is 2.89 bits per heavy atom. The molecule has 0 radical (unpaired) electrons. The molecule has 1 atom stereocenters. The summed E-state index contributed by atoms with van der Waals surface area (Å²) >= 11 is 0. The fourth-order valence-corrected chi connectivity index (χ4v) is 3.67. The third kappa shape index (κ3) is 3.50. The molecule has 0 fully saturated rings. The minimum absolute atomic E-state index is 0.227. The van der Waals surface area contributed by atoms with E-state index in [0.717, 1.165) is 47.0 Å². The van der Waals surface area contributed by atoms with E-state index in [-0.39, 0.29) is 11.5 Å². The Labute approximate surface area is 162 Å². The molecule has 28 heavy (non-hydrogen) atoms. The van der Waals surface area contributed by atoms with Gasteiger partial charge in [0.05, 0.1) is 17.6 Å². The zero-order chi connectivity index (χ0) is 19.7. The van der Waals surface area contributed by atoms with Gasteiger partial charge in [0.25, 0.3) is 5.91 Å². The molecule has 144 valence electrons. The summed E-state index contributed by atoms with van der Waals surface area (Å²) in [5.41, 5.74) is 3.66. The molecule has 6 heteroatoms. The molecule has 2 heterocycles. The lowest BCUT2D eigenvalue weighted by molar-refractivity contribution is -0.127. The Balaban J connectivity index is 1.59. The van der Waals surface area contributed by atoms with E-state index in [1.165, 1.54) is 0 Å². The van der Waals surface area contributed by atoms with Crippen molar-refractivity contribution in [2.24, 2.45) is 0 Å². The average molecular weight is 378 g/mol. The SMILES string of the molecule is Cc1cc(O[C@@H](C)C(=O)NCc2ccccn2)c2c3c(c(=O)oc2c1)CCC3. The molecule has 1 aliphatic rings. The Kier molecular flexibility index (Phi) is 4.86. The van der Waals surface area contributed by atoms with Crippen LogP contribution in [-0.4, -0.2) is 17.0 Å². The second kappa shape index (κ2) is 7.46. The second-order valence-electron chi connectivity index (χ2n) is 7.14. The Hall–Kier alpha value is -3.15. The molecule has 0 saturated heterocycles. The third-order valence-corrected chi connectivity index (χ3v) is 5.02. The quantitative estimate of drug-likeness (QED) is 0.690. The second-order valence-corrected chi connectivity index (χ2v) is 7.14. The number of carbonyl (C=O) groups is 1. The number of carbonyl (C=O) groups excluding carboxylic acids is 1. The van der Waals surface area contributed by atoms with Crippen molar-refractivity contribution in [2.75, 3.05) is 0 Å². The minimum Gasteiger partial charge on any atom is -0.480 e. The first-order valence-electron chi connectivity index (χ1n) is 9.46. The molecule has 3 aromatic rings. The van der Waals surface area contributed by atoms with Gasteiger partial charge >= 0.3 is 5.63 Å². The summed E-state index contributed by atoms with van der Waals surface area (Å²) in [7, 11) is 0. The van der Waals surface area contributed by atoms with Crippen molar-refractivity contribution < 1.29 is 13.9 Å². The first-order chi connectivity index (χ1) is 13.5. The van der Waals surface area contributed by atoms with Crippen molar-refractivity contribution in [3.05, 3.63) is 69.3 Å². The van der Waals surface area contributed by atoms with E-state index >= 15 is 0 Å². The molecule has 1 amide bonds. The largest absolute Gasteiger partial charge is 0.480 e. The molecular weight excluding hydrogens is 356 g/mol. The summed E-state index contributed by atoms with van der Waals surface area (Å²) in [6.07, 6.45) is 3.46. The first-order valence-corrected chi connectivity index (χ1v) is 9.46. The van der Waals surface area contributed by atoms with E-state index in [4.69, 9.17) is 9.15 Å². The molecule has 0 saturated carbocycles. The van der Waals surface area contributed by atoms with Gasteiger partial charge in [-0.3, -0.25) is 9.78 Å². The summed E-state index contributed by atoms with van der Waals surface area (Å²) < 4.78 is 11.6. The number of amides is 1.